The van der Waals surface area contributed by atoms with Gasteiger partial charge in [-0.15, -0.1) is 0 Å². The van der Waals surface area contributed by atoms with Gasteiger partial charge in [0.05, 0.1) is 23.4 Å². The number of aryl methyl sites for hydroxylation is 2. The van der Waals surface area contributed by atoms with Crippen LogP contribution in [-0.4, -0.2) is 38.5 Å². The average Bonchev–Trinajstić information content (AvgIpc) is 3.14. The van der Waals surface area contributed by atoms with Crippen LogP contribution in [0.25, 0.3) is 11.1 Å². The Morgan fingerprint density at radius 3 is 3.03 bits per heavy atom. The number of carbonyl (C=O) groups excluding carboxylic acids is 1. The molecular weight excluding hydrogens is 432 g/mol. The lowest BCUT2D eigenvalue weighted by molar-refractivity contribution is 0.101. The Balaban J connectivity index is 1.56. The molecule has 0 saturated heterocycles. The third kappa shape index (κ3) is 3.39. The zero-order valence-electron chi connectivity index (χ0n) is 19.9. The molecule has 0 radical (unpaired) electrons. The van der Waals surface area contributed by atoms with Crippen molar-refractivity contribution in [2.75, 3.05) is 19.0 Å². The largest absolute Gasteiger partial charge is 0.481 e. The first-order valence-corrected chi connectivity index (χ1v) is 11.5. The fourth-order valence-electron chi connectivity index (χ4n) is 4.01. The molecule has 0 saturated carbocycles. The van der Waals surface area contributed by atoms with Gasteiger partial charge in [0, 0.05) is 30.8 Å². The first-order valence-electron chi connectivity index (χ1n) is 11.4. The molecule has 1 atom stereocenters. The maximum Gasteiger partial charge on any atom is 0.277 e. The van der Waals surface area contributed by atoms with Crippen molar-refractivity contribution in [3.63, 3.8) is 0 Å². The predicted octanol–water partition coefficient (Wildman–Crippen LogP) is 2.37. The SMILES string of the molecule is [2H]C([2H])([2H])Oc1cc(-c2ccc3c(c2NC(=O)c2nn4c(c2S(=N)(N)=O)OCCC4)CC3)ccn1. The highest BCUT2D eigenvalue weighted by Gasteiger charge is 2.32. The molecule has 5 rings (SSSR count). The maximum absolute atomic E-state index is 13.4. The number of methoxy groups -OCH3 is 1. The molecule has 0 fully saturated rings. The lowest BCUT2D eigenvalue weighted by Crippen LogP contribution is -2.22. The van der Waals surface area contributed by atoms with E-state index in [9.17, 15) is 9.00 Å². The summed E-state index contributed by atoms with van der Waals surface area (Å²) in [5, 5.41) is 12.7. The summed E-state index contributed by atoms with van der Waals surface area (Å²) in [6.07, 6.45) is 3.65. The molecule has 4 N–H and O–H groups in total. The Bertz CT molecular complexity index is 1450. The van der Waals surface area contributed by atoms with E-state index < -0.39 is 22.9 Å². The third-order valence-electron chi connectivity index (χ3n) is 5.58. The fourth-order valence-corrected chi connectivity index (χ4v) is 4.85. The highest BCUT2D eigenvalue weighted by atomic mass is 32.2. The number of ether oxygens (including phenoxy) is 2. The number of benzene rings is 1. The second-order valence-corrected chi connectivity index (χ2v) is 9.18. The molecule has 3 heterocycles. The zero-order valence-corrected chi connectivity index (χ0v) is 17.7. The molecule has 3 aromatic rings. The number of hydrogen-bond donors (Lipinski definition) is 3. The summed E-state index contributed by atoms with van der Waals surface area (Å²) in [6.45, 7) is 0.786. The second kappa shape index (κ2) is 7.61. The van der Waals surface area contributed by atoms with Crippen LogP contribution in [-0.2, 0) is 29.3 Å². The smallest absolute Gasteiger partial charge is 0.277 e. The number of rotatable bonds is 5. The zero-order chi connectivity index (χ0) is 25.0. The van der Waals surface area contributed by atoms with Crippen molar-refractivity contribution in [2.24, 2.45) is 5.14 Å². The van der Waals surface area contributed by atoms with Gasteiger partial charge < -0.3 is 14.8 Å². The molecule has 11 heteroatoms. The number of nitrogens with two attached hydrogens (primary N) is 1. The van der Waals surface area contributed by atoms with Crippen LogP contribution in [0.15, 0.2) is 35.4 Å². The number of fused-ring (bicyclic) bond motifs is 2. The lowest BCUT2D eigenvalue weighted by atomic mass is 9.84. The van der Waals surface area contributed by atoms with Crippen molar-refractivity contribution in [1.29, 1.82) is 4.78 Å². The van der Waals surface area contributed by atoms with E-state index in [2.05, 4.69) is 15.4 Å². The fraction of sp³-hybridized carbons (Fsp3) is 0.286. The van der Waals surface area contributed by atoms with Gasteiger partial charge in [-0.25, -0.2) is 23.8 Å². The summed E-state index contributed by atoms with van der Waals surface area (Å²) in [6, 6.07) is 6.92. The molecule has 0 bridgehead atoms. The maximum atomic E-state index is 13.4. The van der Waals surface area contributed by atoms with E-state index in [0.29, 0.717) is 36.4 Å². The van der Waals surface area contributed by atoms with Gasteiger partial charge in [0.25, 0.3) is 5.91 Å². The molecule has 1 aliphatic heterocycles. The minimum atomic E-state index is -3.81. The van der Waals surface area contributed by atoms with Crippen molar-refractivity contribution in [3.05, 3.63) is 47.3 Å². The Hall–Kier alpha value is -3.44. The predicted molar refractivity (Wildman–Crippen MR) is 117 cm³/mol. The van der Waals surface area contributed by atoms with Gasteiger partial charge in [0.2, 0.25) is 11.8 Å². The van der Waals surface area contributed by atoms with E-state index >= 15 is 0 Å². The van der Waals surface area contributed by atoms with Crippen molar-refractivity contribution in [3.8, 4) is 22.9 Å². The minimum absolute atomic E-state index is 0.0748. The molecule has 32 heavy (non-hydrogen) atoms. The summed E-state index contributed by atoms with van der Waals surface area (Å²) in [7, 11) is -6.46. The number of pyridine rings is 1. The van der Waals surface area contributed by atoms with Crippen molar-refractivity contribution >= 4 is 21.5 Å². The van der Waals surface area contributed by atoms with Crippen LogP contribution < -0.4 is 19.9 Å². The number of nitrogens with one attached hydrogen (secondary N) is 2. The van der Waals surface area contributed by atoms with Gasteiger partial charge in [-0.1, -0.05) is 12.1 Å². The monoisotopic (exact) mass is 457 g/mol. The number of hydrogen-bond acceptors (Lipinski definition) is 7. The molecule has 1 unspecified atom stereocenters. The van der Waals surface area contributed by atoms with Gasteiger partial charge in [0.15, 0.2) is 10.6 Å². The lowest BCUT2D eigenvalue weighted by Gasteiger charge is -2.25. The van der Waals surface area contributed by atoms with Crippen molar-refractivity contribution < 1.29 is 22.6 Å². The van der Waals surface area contributed by atoms with Crippen LogP contribution in [0.2, 0.25) is 0 Å². The number of amides is 1. The van der Waals surface area contributed by atoms with E-state index in [4.69, 9.17) is 23.5 Å². The number of aromatic nitrogens is 3. The Labute approximate surface area is 189 Å². The quantitative estimate of drug-likeness (QED) is 0.536. The molecule has 10 nitrogen and oxygen atoms in total. The van der Waals surface area contributed by atoms with Gasteiger partial charge in [-0.2, -0.15) is 5.10 Å². The molecule has 166 valence electrons. The molecule has 2 aromatic heterocycles. The summed E-state index contributed by atoms with van der Waals surface area (Å²) in [5.74, 6) is -0.683. The Kier molecular flexibility index (Phi) is 4.08. The summed E-state index contributed by atoms with van der Waals surface area (Å²) < 4.78 is 54.3. The van der Waals surface area contributed by atoms with E-state index in [0.717, 1.165) is 24.0 Å². The highest BCUT2D eigenvalue weighted by Crippen LogP contribution is 2.40. The van der Waals surface area contributed by atoms with Gasteiger partial charge in [-0.05, 0) is 35.6 Å². The number of carbonyl (C=O) groups is 1. The van der Waals surface area contributed by atoms with E-state index in [1.54, 1.807) is 6.07 Å². The van der Waals surface area contributed by atoms with Crippen LogP contribution in [0, 0.1) is 4.78 Å². The van der Waals surface area contributed by atoms with Crippen LogP contribution in [0.4, 0.5) is 5.69 Å². The number of anilines is 1. The van der Waals surface area contributed by atoms with Crippen LogP contribution in [0.1, 0.15) is 32.1 Å². The van der Waals surface area contributed by atoms with Crippen LogP contribution >= 0.6 is 0 Å². The normalized spacial score (nSPS) is 17.8. The van der Waals surface area contributed by atoms with Gasteiger partial charge >= 0.3 is 0 Å². The molecule has 1 aromatic carbocycles. The molecule has 0 spiro atoms. The summed E-state index contributed by atoms with van der Waals surface area (Å²) >= 11 is 0. The topological polar surface area (TPSA) is 145 Å². The van der Waals surface area contributed by atoms with Gasteiger partial charge in [0.1, 0.15) is 9.92 Å². The Morgan fingerprint density at radius 2 is 2.28 bits per heavy atom. The van der Waals surface area contributed by atoms with Crippen molar-refractivity contribution in [2.45, 2.75) is 30.7 Å². The standard InChI is InChI=1S/C21H22N6O4S/c1-30-16-11-13(7-8-24-16)15-6-4-12-3-5-14(12)17(15)25-20(28)18-19(32(22,23)29)21-27(26-18)9-2-10-31-21/h4,6-8,11H,2-3,5,9-10H2,1H3,(H,25,28)(H3,22,23,29)/i1D3. The number of nitrogens with zero attached hydrogens (tertiary/aromatic N) is 3. The van der Waals surface area contributed by atoms with E-state index in [-0.39, 0.29) is 22.3 Å². The molecule has 1 aliphatic carbocycles. The molecule has 1 amide bonds. The second-order valence-electron chi connectivity index (χ2n) is 7.57. The molecule has 2 aliphatic rings. The highest BCUT2D eigenvalue weighted by molar-refractivity contribution is 7.90. The van der Waals surface area contributed by atoms with Crippen LogP contribution in [0.3, 0.4) is 0 Å². The average molecular weight is 458 g/mol. The Morgan fingerprint density at radius 1 is 1.41 bits per heavy atom. The minimum Gasteiger partial charge on any atom is -0.481 e. The van der Waals surface area contributed by atoms with E-state index in [1.807, 2.05) is 12.1 Å². The third-order valence-corrected chi connectivity index (χ3v) is 6.55. The van der Waals surface area contributed by atoms with Crippen LogP contribution in [0.5, 0.6) is 11.8 Å². The van der Waals surface area contributed by atoms with Crippen molar-refractivity contribution in [1.82, 2.24) is 14.8 Å². The summed E-state index contributed by atoms with van der Waals surface area (Å²) in [4.78, 5) is 17.1. The van der Waals surface area contributed by atoms with Gasteiger partial charge in [-0.3, -0.25) is 4.79 Å². The van der Waals surface area contributed by atoms with E-state index in [1.165, 1.54) is 16.9 Å². The summed E-state index contributed by atoms with van der Waals surface area (Å²) in [5.41, 5.74) is 3.47. The molecular formula is C21H22N6O4S. The first kappa shape index (κ1) is 17.2. The first-order chi connectivity index (χ1) is 16.5.